The molecule has 2 aromatic rings. The van der Waals surface area contributed by atoms with E-state index in [0.29, 0.717) is 34.8 Å². The van der Waals surface area contributed by atoms with Crippen molar-refractivity contribution in [2.75, 3.05) is 27.0 Å². The van der Waals surface area contributed by atoms with Gasteiger partial charge in [0.05, 0.1) is 25.5 Å². The van der Waals surface area contributed by atoms with E-state index in [4.69, 9.17) is 21.1 Å². The summed E-state index contributed by atoms with van der Waals surface area (Å²) >= 11 is 7.64. The number of fused-ring (bicyclic) bond motifs is 1. The molecule has 0 radical (unpaired) electrons. The first-order valence-electron chi connectivity index (χ1n) is 7.84. The first-order chi connectivity index (χ1) is 12.0. The molecule has 1 aliphatic heterocycles. The summed E-state index contributed by atoms with van der Waals surface area (Å²) in [6.07, 6.45) is 2.64. The van der Waals surface area contributed by atoms with Gasteiger partial charge in [-0.15, -0.1) is 0 Å². The highest BCUT2D eigenvalue weighted by Crippen LogP contribution is 2.35. The number of hydrogen-bond acceptors (Lipinski definition) is 6. The van der Waals surface area contributed by atoms with Crippen molar-refractivity contribution in [3.8, 4) is 11.5 Å². The van der Waals surface area contributed by atoms with Crippen LogP contribution in [0.5, 0.6) is 11.5 Å². The Morgan fingerprint density at radius 3 is 2.84 bits per heavy atom. The molecule has 6 nitrogen and oxygen atoms in total. The zero-order valence-electron chi connectivity index (χ0n) is 14.4. The average Bonchev–Trinajstić information content (AvgIpc) is 2.61. The van der Waals surface area contributed by atoms with Gasteiger partial charge in [-0.2, -0.15) is 0 Å². The van der Waals surface area contributed by atoms with E-state index in [-0.39, 0.29) is 5.56 Å². The van der Waals surface area contributed by atoms with Crippen LogP contribution in [0.15, 0.2) is 22.1 Å². The molecule has 8 heteroatoms. The lowest BCUT2D eigenvalue weighted by Crippen LogP contribution is -2.35. The summed E-state index contributed by atoms with van der Waals surface area (Å²) in [5.41, 5.74) is 2.49. The van der Waals surface area contributed by atoms with Gasteiger partial charge in [-0.3, -0.25) is 9.69 Å². The molecule has 0 amide bonds. The van der Waals surface area contributed by atoms with E-state index in [0.717, 1.165) is 29.8 Å². The van der Waals surface area contributed by atoms with Crippen LogP contribution >= 0.6 is 23.4 Å². The van der Waals surface area contributed by atoms with E-state index < -0.39 is 0 Å². The van der Waals surface area contributed by atoms with Crippen molar-refractivity contribution in [3.05, 3.63) is 44.3 Å². The van der Waals surface area contributed by atoms with Crippen molar-refractivity contribution in [3.63, 3.8) is 0 Å². The largest absolute Gasteiger partial charge is 0.493 e. The van der Waals surface area contributed by atoms with Crippen molar-refractivity contribution in [1.29, 1.82) is 0 Å². The quantitative estimate of drug-likeness (QED) is 0.634. The summed E-state index contributed by atoms with van der Waals surface area (Å²) in [6, 6.07) is 3.60. The standard InChI is InChI=1S/C17H20ClN3O3S/c1-23-14-7-11(18)6-10(15(14)24-2)8-21-5-4-13-12(9-21)16(22)20-17(19-13)25-3/h6-7H,4-5,8-9H2,1-3H3,(H,19,20,22). The van der Waals surface area contributed by atoms with Gasteiger partial charge in [0.25, 0.3) is 5.56 Å². The van der Waals surface area contributed by atoms with Crippen LogP contribution < -0.4 is 15.0 Å². The van der Waals surface area contributed by atoms with Gasteiger partial charge < -0.3 is 14.5 Å². The Morgan fingerprint density at radius 2 is 2.16 bits per heavy atom. The fourth-order valence-corrected chi connectivity index (χ4v) is 3.68. The molecule has 1 N–H and O–H groups in total. The van der Waals surface area contributed by atoms with Crippen LogP contribution in [-0.4, -0.2) is 41.9 Å². The molecular formula is C17H20ClN3O3S. The number of aromatic amines is 1. The molecule has 0 aliphatic carbocycles. The first-order valence-corrected chi connectivity index (χ1v) is 9.44. The van der Waals surface area contributed by atoms with Gasteiger partial charge in [-0.1, -0.05) is 23.4 Å². The summed E-state index contributed by atoms with van der Waals surface area (Å²) in [5.74, 6) is 1.27. The van der Waals surface area contributed by atoms with Gasteiger partial charge in [-0.25, -0.2) is 4.98 Å². The molecular weight excluding hydrogens is 362 g/mol. The monoisotopic (exact) mass is 381 g/mol. The summed E-state index contributed by atoms with van der Waals surface area (Å²) in [4.78, 5) is 21.9. The highest BCUT2D eigenvalue weighted by molar-refractivity contribution is 7.98. The molecule has 0 saturated heterocycles. The normalized spacial score (nSPS) is 14.2. The number of methoxy groups -OCH3 is 2. The molecule has 3 rings (SSSR count). The van der Waals surface area contributed by atoms with Crippen molar-refractivity contribution in [2.24, 2.45) is 0 Å². The number of thioether (sulfide) groups is 1. The third kappa shape index (κ3) is 3.78. The second-order valence-corrected chi connectivity index (χ2v) is 6.99. The van der Waals surface area contributed by atoms with Crippen molar-refractivity contribution in [1.82, 2.24) is 14.9 Å². The Morgan fingerprint density at radius 1 is 1.36 bits per heavy atom. The fraction of sp³-hybridized carbons (Fsp3) is 0.412. The third-order valence-corrected chi connectivity index (χ3v) is 5.03. The Labute approximate surface area is 155 Å². The zero-order valence-corrected chi connectivity index (χ0v) is 16.0. The number of benzene rings is 1. The fourth-order valence-electron chi connectivity index (χ4n) is 3.05. The molecule has 25 heavy (non-hydrogen) atoms. The first kappa shape index (κ1) is 18.1. The topological polar surface area (TPSA) is 67.5 Å². The van der Waals surface area contributed by atoms with Gasteiger partial charge in [0, 0.05) is 42.7 Å². The van der Waals surface area contributed by atoms with Gasteiger partial charge in [0.2, 0.25) is 0 Å². The van der Waals surface area contributed by atoms with Gasteiger partial charge in [0.15, 0.2) is 16.7 Å². The second-order valence-electron chi connectivity index (χ2n) is 5.76. The summed E-state index contributed by atoms with van der Waals surface area (Å²) < 4.78 is 10.8. The molecule has 0 bridgehead atoms. The summed E-state index contributed by atoms with van der Waals surface area (Å²) in [7, 11) is 3.20. The number of H-pyrrole nitrogens is 1. The number of aromatic nitrogens is 2. The maximum absolute atomic E-state index is 12.3. The van der Waals surface area contributed by atoms with Gasteiger partial charge in [0.1, 0.15) is 0 Å². The molecule has 1 aliphatic rings. The summed E-state index contributed by atoms with van der Waals surface area (Å²) in [6.45, 7) is 1.98. The minimum absolute atomic E-state index is 0.0605. The number of ether oxygens (including phenoxy) is 2. The molecule has 2 heterocycles. The van der Waals surface area contributed by atoms with Crippen LogP contribution in [0.3, 0.4) is 0 Å². The second kappa shape index (κ2) is 7.68. The minimum atomic E-state index is -0.0605. The predicted octanol–water partition coefficient (Wildman–Crippen LogP) is 2.72. The number of hydrogen-bond donors (Lipinski definition) is 1. The maximum Gasteiger partial charge on any atom is 0.256 e. The van der Waals surface area contributed by atoms with E-state index in [9.17, 15) is 4.79 Å². The van der Waals surface area contributed by atoms with Crippen LogP contribution in [0.4, 0.5) is 0 Å². The van der Waals surface area contributed by atoms with Gasteiger partial charge >= 0.3 is 0 Å². The number of halogens is 1. The zero-order chi connectivity index (χ0) is 18.0. The smallest absolute Gasteiger partial charge is 0.256 e. The number of rotatable bonds is 5. The number of nitrogens with zero attached hydrogens (tertiary/aromatic N) is 2. The van der Waals surface area contributed by atoms with E-state index in [1.165, 1.54) is 11.8 Å². The van der Waals surface area contributed by atoms with Crippen LogP contribution in [-0.2, 0) is 19.5 Å². The molecule has 0 atom stereocenters. The third-order valence-electron chi connectivity index (χ3n) is 4.23. The van der Waals surface area contributed by atoms with Crippen LogP contribution in [0.2, 0.25) is 5.02 Å². The Balaban J connectivity index is 1.87. The predicted molar refractivity (Wildman–Crippen MR) is 99.0 cm³/mol. The molecule has 1 aromatic carbocycles. The lowest BCUT2D eigenvalue weighted by molar-refractivity contribution is 0.236. The summed E-state index contributed by atoms with van der Waals surface area (Å²) in [5, 5.41) is 1.26. The molecule has 0 unspecified atom stereocenters. The lowest BCUT2D eigenvalue weighted by Gasteiger charge is -2.28. The molecule has 1 aromatic heterocycles. The molecule has 0 fully saturated rings. The molecule has 0 spiro atoms. The lowest BCUT2D eigenvalue weighted by atomic mass is 10.1. The van der Waals surface area contributed by atoms with Crippen LogP contribution in [0.25, 0.3) is 0 Å². The average molecular weight is 382 g/mol. The highest BCUT2D eigenvalue weighted by atomic mass is 35.5. The van der Waals surface area contributed by atoms with Crippen LogP contribution in [0, 0.1) is 0 Å². The van der Waals surface area contributed by atoms with E-state index in [1.807, 2.05) is 12.3 Å². The van der Waals surface area contributed by atoms with Gasteiger partial charge in [-0.05, 0) is 12.3 Å². The van der Waals surface area contributed by atoms with Crippen molar-refractivity contribution >= 4 is 23.4 Å². The van der Waals surface area contributed by atoms with E-state index in [1.54, 1.807) is 20.3 Å². The van der Waals surface area contributed by atoms with E-state index in [2.05, 4.69) is 14.9 Å². The SMILES string of the molecule is COc1cc(Cl)cc(CN2CCc3nc(SC)[nH]c(=O)c3C2)c1OC. The van der Waals surface area contributed by atoms with Crippen LogP contribution in [0.1, 0.15) is 16.8 Å². The number of nitrogens with one attached hydrogen (secondary N) is 1. The molecule has 134 valence electrons. The van der Waals surface area contributed by atoms with Crippen molar-refractivity contribution < 1.29 is 9.47 Å². The Bertz CT molecular complexity index is 841. The minimum Gasteiger partial charge on any atom is -0.493 e. The molecule has 0 saturated carbocycles. The Kier molecular flexibility index (Phi) is 5.56. The van der Waals surface area contributed by atoms with E-state index >= 15 is 0 Å². The maximum atomic E-state index is 12.3. The Hall–Kier alpha value is -1.70. The highest BCUT2D eigenvalue weighted by Gasteiger charge is 2.23. The van der Waals surface area contributed by atoms with Crippen molar-refractivity contribution in [2.45, 2.75) is 24.7 Å².